The molecule has 4 aliphatic rings. The molecule has 208 valence electrons. The molecule has 11 nitrogen and oxygen atoms in total. The zero-order chi connectivity index (χ0) is 28.2. The summed E-state index contributed by atoms with van der Waals surface area (Å²) < 4.78 is 5.36. The number of aromatic hydroxyl groups is 1. The lowest BCUT2D eigenvalue weighted by molar-refractivity contribution is -0.160. The van der Waals surface area contributed by atoms with E-state index in [2.05, 4.69) is 5.32 Å². The number of phenolic OH excluding ortho intramolecular Hbond substituents is 1. The van der Waals surface area contributed by atoms with E-state index >= 15 is 0 Å². The Morgan fingerprint density at radius 3 is 2.49 bits per heavy atom. The zero-order valence-corrected chi connectivity index (χ0v) is 21.9. The maximum Gasteiger partial charge on any atom is 0.252 e. The Balaban J connectivity index is 1.55. The predicted octanol–water partition coefficient (Wildman–Crippen LogP) is 0.0296. The number of nitrogens with one attached hydrogen (secondary N) is 1. The Morgan fingerprint density at radius 2 is 1.85 bits per heavy atom. The van der Waals surface area contributed by atoms with Crippen molar-refractivity contribution in [2.75, 3.05) is 33.9 Å². The minimum atomic E-state index is -2.61. The van der Waals surface area contributed by atoms with Crippen LogP contribution in [0.5, 0.6) is 5.75 Å². The van der Waals surface area contributed by atoms with Crippen molar-refractivity contribution in [2.24, 2.45) is 17.6 Å². The summed E-state index contributed by atoms with van der Waals surface area (Å²) in [5.41, 5.74) is 2.79. The number of hydrogen-bond donors (Lipinski definition) is 5. The van der Waals surface area contributed by atoms with Crippen molar-refractivity contribution in [2.45, 2.75) is 43.4 Å². The van der Waals surface area contributed by atoms with Crippen LogP contribution in [-0.2, 0) is 25.5 Å². The molecule has 1 amide bonds. The number of ketones is 3. The molecule has 0 aromatic heterocycles. The van der Waals surface area contributed by atoms with Crippen LogP contribution in [0.2, 0.25) is 0 Å². The first kappa shape index (κ1) is 27.2. The second-order valence-electron chi connectivity index (χ2n) is 11.0. The lowest BCUT2D eigenvalue weighted by atomic mass is 9.57. The molecule has 1 saturated carbocycles. The molecule has 0 radical (unpaired) electrons. The van der Waals surface area contributed by atoms with Crippen LogP contribution in [0.25, 0.3) is 5.76 Å². The number of ether oxygens (including phenoxy) is 1. The van der Waals surface area contributed by atoms with Crippen LogP contribution in [0.4, 0.5) is 0 Å². The molecule has 39 heavy (non-hydrogen) atoms. The van der Waals surface area contributed by atoms with Gasteiger partial charge in [-0.25, -0.2) is 0 Å². The van der Waals surface area contributed by atoms with Crippen molar-refractivity contribution >= 4 is 29.0 Å². The van der Waals surface area contributed by atoms with E-state index in [0.29, 0.717) is 24.3 Å². The van der Waals surface area contributed by atoms with Crippen LogP contribution in [-0.4, -0.2) is 95.0 Å². The average Bonchev–Trinajstić information content (AvgIpc) is 2.89. The van der Waals surface area contributed by atoms with Crippen molar-refractivity contribution in [3.63, 3.8) is 0 Å². The first-order valence-electron chi connectivity index (χ1n) is 13.1. The van der Waals surface area contributed by atoms with E-state index < -0.39 is 52.3 Å². The molecule has 0 unspecified atom stereocenters. The molecule has 5 rings (SSSR count). The quantitative estimate of drug-likeness (QED) is 0.188. The van der Waals surface area contributed by atoms with Gasteiger partial charge in [0.15, 0.2) is 11.4 Å². The van der Waals surface area contributed by atoms with E-state index in [1.54, 1.807) is 19.0 Å². The molecule has 1 aromatic rings. The third-order valence-corrected chi connectivity index (χ3v) is 8.58. The number of carbonyl (C=O) groups is 4. The van der Waals surface area contributed by atoms with Gasteiger partial charge in [0.1, 0.15) is 11.5 Å². The smallest absolute Gasteiger partial charge is 0.252 e. The van der Waals surface area contributed by atoms with Gasteiger partial charge in [0.25, 0.3) is 5.91 Å². The third kappa shape index (κ3) is 4.29. The molecule has 1 saturated heterocycles. The van der Waals surface area contributed by atoms with Crippen molar-refractivity contribution < 1.29 is 39.2 Å². The van der Waals surface area contributed by atoms with Gasteiger partial charge in [0.05, 0.1) is 17.7 Å². The summed E-state index contributed by atoms with van der Waals surface area (Å²) in [5, 5.41) is 36.9. The number of Topliss-reactive ketones (excluding diaryl/α,β-unsaturated/α-hetero) is 3. The molecule has 1 aliphatic heterocycles. The Kier molecular flexibility index (Phi) is 6.96. The van der Waals surface area contributed by atoms with Crippen molar-refractivity contribution in [1.82, 2.24) is 10.2 Å². The van der Waals surface area contributed by atoms with Gasteiger partial charge in [0, 0.05) is 42.4 Å². The third-order valence-electron chi connectivity index (χ3n) is 8.58. The van der Waals surface area contributed by atoms with Gasteiger partial charge in [-0.3, -0.25) is 19.2 Å². The van der Waals surface area contributed by atoms with Gasteiger partial charge < -0.3 is 36.0 Å². The first-order chi connectivity index (χ1) is 18.5. The number of hydrogen-bond acceptors (Lipinski definition) is 10. The molecule has 0 spiro atoms. The molecule has 2 fully saturated rings. The SMILES string of the molecule is CN(C)[C@@H]1C=C(C(N)=O)C(=O)[C@@]2(O)C(=O)C3=C(O)c4c(O)ccc(C(=O)CNC5CCOCC5)c4C[C@H]3C[C@@H]12. The number of nitrogens with zero attached hydrogens (tertiary/aromatic N) is 1. The van der Waals surface area contributed by atoms with Crippen LogP contribution in [0.3, 0.4) is 0 Å². The van der Waals surface area contributed by atoms with E-state index in [9.17, 15) is 34.5 Å². The highest BCUT2D eigenvalue weighted by Crippen LogP contribution is 2.51. The van der Waals surface area contributed by atoms with Crippen molar-refractivity contribution in [3.8, 4) is 5.75 Å². The van der Waals surface area contributed by atoms with E-state index in [1.807, 2.05) is 0 Å². The zero-order valence-electron chi connectivity index (χ0n) is 21.9. The standard InChI is InChI=1S/C28H33N3O8/c1-31(2)19-11-17(27(29)37)25(35)28(38)18(19)10-13-9-16-15(21(33)12-30-14-5-7-39-8-6-14)3-4-20(32)23(16)24(34)22(13)26(28)36/h3-4,11,13-14,18-19,30,32,34,38H,5-10,12H2,1-2H3,(H2,29,37)/t13-,18-,19+,28+/m0/s1. The molecule has 1 aromatic carbocycles. The van der Waals surface area contributed by atoms with Gasteiger partial charge in [-0.2, -0.15) is 0 Å². The second-order valence-corrected chi connectivity index (χ2v) is 11.0. The average molecular weight is 540 g/mol. The van der Waals surface area contributed by atoms with Crippen LogP contribution >= 0.6 is 0 Å². The topological polar surface area (TPSA) is 179 Å². The van der Waals surface area contributed by atoms with Crippen molar-refractivity contribution in [3.05, 3.63) is 46.0 Å². The number of aliphatic hydroxyl groups excluding tert-OH is 1. The molecule has 3 aliphatic carbocycles. The monoisotopic (exact) mass is 539 g/mol. The van der Waals surface area contributed by atoms with Gasteiger partial charge in [-0.05, 0) is 63.4 Å². The van der Waals surface area contributed by atoms with Crippen LogP contribution in [0.1, 0.15) is 40.7 Å². The van der Waals surface area contributed by atoms with Crippen LogP contribution in [0, 0.1) is 11.8 Å². The summed E-state index contributed by atoms with van der Waals surface area (Å²) >= 11 is 0. The number of fused-ring (bicyclic) bond motifs is 3. The molecule has 6 N–H and O–H groups in total. The number of nitrogens with two attached hydrogens (primary N) is 1. The Hall–Kier alpha value is -3.38. The maximum atomic E-state index is 13.8. The summed E-state index contributed by atoms with van der Waals surface area (Å²) in [6.45, 7) is 1.30. The Morgan fingerprint density at radius 1 is 1.15 bits per heavy atom. The summed E-state index contributed by atoms with van der Waals surface area (Å²) in [6.07, 6.45) is 3.22. The number of benzene rings is 1. The summed E-state index contributed by atoms with van der Waals surface area (Å²) in [6, 6.07) is 2.27. The number of aliphatic hydroxyl groups is 2. The fraction of sp³-hybridized carbons (Fsp3) is 0.500. The number of rotatable bonds is 6. The molecule has 1 heterocycles. The highest BCUT2D eigenvalue weighted by molar-refractivity contribution is 6.32. The fourth-order valence-corrected chi connectivity index (χ4v) is 6.56. The minimum absolute atomic E-state index is 0.0586. The number of phenols is 1. The Bertz CT molecular complexity index is 1330. The molecular weight excluding hydrogens is 506 g/mol. The number of amides is 1. The van der Waals surface area contributed by atoms with E-state index in [0.717, 1.165) is 12.8 Å². The predicted molar refractivity (Wildman–Crippen MR) is 139 cm³/mol. The summed E-state index contributed by atoms with van der Waals surface area (Å²) in [7, 11) is 3.39. The lowest BCUT2D eigenvalue weighted by Crippen LogP contribution is -2.66. The van der Waals surface area contributed by atoms with Gasteiger partial charge in [0.2, 0.25) is 11.6 Å². The van der Waals surface area contributed by atoms with E-state index in [-0.39, 0.29) is 48.1 Å². The minimum Gasteiger partial charge on any atom is -0.507 e. The summed E-state index contributed by atoms with van der Waals surface area (Å²) in [4.78, 5) is 54.1. The van der Waals surface area contributed by atoms with E-state index in [4.69, 9.17) is 10.5 Å². The first-order valence-corrected chi connectivity index (χ1v) is 13.1. The molecule has 11 heteroatoms. The number of carbonyl (C=O) groups excluding carboxylic acids is 4. The largest absolute Gasteiger partial charge is 0.507 e. The second kappa shape index (κ2) is 9.98. The highest BCUT2D eigenvalue weighted by Gasteiger charge is 2.63. The molecule has 4 atom stereocenters. The highest BCUT2D eigenvalue weighted by atomic mass is 16.5. The maximum absolute atomic E-state index is 13.8. The molecular formula is C28H33N3O8. The summed E-state index contributed by atoms with van der Waals surface area (Å²) in [5.74, 6) is -5.86. The fourth-order valence-electron chi connectivity index (χ4n) is 6.56. The van der Waals surface area contributed by atoms with Crippen LogP contribution < -0.4 is 11.1 Å². The Labute approximate surface area is 225 Å². The lowest BCUT2D eigenvalue weighted by Gasteiger charge is -2.49. The van der Waals surface area contributed by atoms with Gasteiger partial charge in [-0.15, -0.1) is 0 Å². The van der Waals surface area contributed by atoms with E-state index in [1.165, 1.54) is 18.2 Å². The number of likely N-dealkylation sites (N-methyl/N-ethyl adjacent to an activating group) is 1. The normalized spacial score (nSPS) is 29.0. The van der Waals surface area contributed by atoms with Gasteiger partial charge in [-0.1, -0.05) is 6.08 Å². The van der Waals surface area contributed by atoms with Crippen LogP contribution in [0.15, 0.2) is 29.4 Å². The molecule has 0 bridgehead atoms. The van der Waals surface area contributed by atoms with Crippen molar-refractivity contribution in [1.29, 1.82) is 0 Å². The number of primary amides is 1. The van der Waals surface area contributed by atoms with Gasteiger partial charge >= 0.3 is 0 Å².